The Morgan fingerprint density at radius 3 is 2.17 bits per heavy atom. The van der Waals surface area contributed by atoms with Crippen LogP contribution in [-0.4, -0.2) is 40.4 Å². The van der Waals surface area contributed by atoms with Crippen LogP contribution in [0.1, 0.15) is 33.3 Å². The van der Waals surface area contributed by atoms with Gasteiger partial charge in [-0.2, -0.15) is 13.2 Å². The molecule has 0 bridgehead atoms. The summed E-state index contributed by atoms with van der Waals surface area (Å²) >= 11 is 0. The van der Waals surface area contributed by atoms with Crippen LogP contribution in [0.5, 0.6) is 0 Å². The van der Waals surface area contributed by atoms with Gasteiger partial charge < -0.3 is 0 Å². The molecular weight excluding hydrogens is 385 g/mol. The molecule has 2 heterocycles. The zero-order chi connectivity index (χ0) is 21.5. The summed E-state index contributed by atoms with van der Waals surface area (Å²) in [5, 5.41) is 0. The third kappa shape index (κ3) is 2.64. The second kappa shape index (κ2) is 5.93. The first-order valence-electron chi connectivity index (χ1n) is 9.45. The molecule has 1 aromatic rings. The zero-order valence-corrected chi connectivity index (χ0v) is 16.4. The monoisotopic (exact) mass is 406 g/mol. The van der Waals surface area contributed by atoms with Crippen LogP contribution in [0.2, 0.25) is 0 Å². The first kappa shape index (κ1) is 19.7. The molecule has 0 saturated carbocycles. The van der Waals surface area contributed by atoms with Crippen LogP contribution in [-0.2, 0) is 14.4 Å². The normalized spacial score (nSPS) is 28.9. The number of carbonyl (C=O) groups excluding carboxylic acids is 3. The number of benzene rings is 1. The summed E-state index contributed by atoms with van der Waals surface area (Å²) in [5.74, 6) is -5.14. The lowest BCUT2D eigenvalue weighted by Crippen LogP contribution is -2.53. The van der Waals surface area contributed by atoms with Crippen LogP contribution in [0, 0.1) is 17.8 Å². The molecular formula is C21H21F3N2O3. The van der Waals surface area contributed by atoms with Gasteiger partial charge in [-0.05, 0) is 38.3 Å². The number of carbonyl (C=O) groups is 3. The largest absolute Gasteiger partial charge is 0.471 e. The molecule has 5 nitrogen and oxygen atoms in total. The van der Waals surface area contributed by atoms with Crippen LogP contribution in [0.3, 0.4) is 0 Å². The summed E-state index contributed by atoms with van der Waals surface area (Å²) in [6.07, 6.45) is -3.36. The molecule has 1 aliphatic carbocycles. The summed E-state index contributed by atoms with van der Waals surface area (Å²) < 4.78 is 40.3. The van der Waals surface area contributed by atoms with Gasteiger partial charge in [0.15, 0.2) is 0 Å². The average Bonchev–Trinajstić information content (AvgIpc) is 3.05. The molecule has 0 N–H and O–H groups in total. The molecule has 2 aliphatic heterocycles. The van der Waals surface area contributed by atoms with E-state index < -0.39 is 47.3 Å². The molecule has 3 aliphatic rings. The summed E-state index contributed by atoms with van der Waals surface area (Å²) in [4.78, 5) is 40.6. The van der Waals surface area contributed by atoms with Crippen molar-refractivity contribution in [3.05, 3.63) is 35.9 Å². The molecule has 0 spiro atoms. The van der Waals surface area contributed by atoms with E-state index in [2.05, 4.69) is 0 Å². The molecule has 4 atom stereocenters. The number of allylic oxidation sites excluding steroid dienone is 1. The quantitative estimate of drug-likeness (QED) is 0.621. The summed E-state index contributed by atoms with van der Waals surface area (Å²) in [5.41, 5.74) is 0.308. The van der Waals surface area contributed by atoms with E-state index in [0.717, 1.165) is 4.90 Å². The van der Waals surface area contributed by atoms with Gasteiger partial charge in [-0.25, -0.2) is 0 Å². The van der Waals surface area contributed by atoms with Crippen LogP contribution >= 0.6 is 0 Å². The van der Waals surface area contributed by atoms with Gasteiger partial charge in [-0.1, -0.05) is 31.2 Å². The Balaban J connectivity index is 1.92. The van der Waals surface area contributed by atoms with E-state index in [9.17, 15) is 27.6 Å². The smallest absolute Gasteiger partial charge is 0.296 e. The molecule has 1 unspecified atom stereocenters. The molecule has 154 valence electrons. The van der Waals surface area contributed by atoms with Crippen molar-refractivity contribution in [1.82, 2.24) is 4.90 Å². The molecule has 1 saturated heterocycles. The number of anilines is 1. The van der Waals surface area contributed by atoms with Gasteiger partial charge in [0.1, 0.15) is 0 Å². The minimum Gasteiger partial charge on any atom is -0.296 e. The maximum atomic E-state index is 13.4. The highest BCUT2D eigenvalue weighted by molar-refractivity contribution is 6.13. The fourth-order valence-electron chi connectivity index (χ4n) is 4.94. The zero-order valence-electron chi connectivity index (χ0n) is 16.4. The Hall–Kier alpha value is -2.64. The van der Waals surface area contributed by atoms with Crippen molar-refractivity contribution in [1.29, 1.82) is 0 Å². The van der Waals surface area contributed by atoms with Gasteiger partial charge in [-0.3, -0.25) is 24.2 Å². The molecule has 29 heavy (non-hydrogen) atoms. The molecule has 4 rings (SSSR count). The lowest BCUT2D eigenvalue weighted by Gasteiger charge is -2.36. The van der Waals surface area contributed by atoms with Gasteiger partial charge in [0.2, 0.25) is 11.8 Å². The molecule has 0 aromatic heterocycles. The van der Waals surface area contributed by atoms with Crippen LogP contribution in [0.25, 0.3) is 5.57 Å². The number of amides is 3. The van der Waals surface area contributed by atoms with Crippen molar-refractivity contribution in [3.8, 4) is 0 Å². The van der Waals surface area contributed by atoms with Crippen molar-refractivity contribution >= 4 is 29.0 Å². The van der Waals surface area contributed by atoms with Crippen molar-refractivity contribution in [3.63, 3.8) is 0 Å². The maximum absolute atomic E-state index is 13.4. The lowest BCUT2D eigenvalue weighted by molar-refractivity contribution is -0.171. The van der Waals surface area contributed by atoms with Gasteiger partial charge in [0.05, 0.1) is 23.6 Å². The highest BCUT2D eigenvalue weighted by atomic mass is 19.4. The van der Waals surface area contributed by atoms with Gasteiger partial charge in [0, 0.05) is 11.1 Å². The number of imide groups is 1. The number of para-hydroxylation sites is 1. The average molecular weight is 406 g/mol. The number of halogens is 3. The van der Waals surface area contributed by atoms with E-state index in [1.165, 1.54) is 6.07 Å². The number of nitrogens with zero attached hydrogens (tertiary/aromatic N) is 2. The molecule has 8 heteroatoms. The number of fused-ring (bicyclic) bond motifs is 5. The summed E-state index contributed by atoms with van der Waals surface area (Å²) in [7, 11) is 0. The molecule has 1 fully saturated rings. The third-order valence-corrected chi connectivity index (χ3v) is 5.95. The first-order valence-corrected chi connectivity index (χ1v) is 9.45. The van der Waals surface area contributed by atoms with Gasteiger partial charge >= 0.3 is 12.1 Å². The van der Waals surface area contributed by atoms with Gasteiger partial charge in [-0.15, -0.1) is 0 Å². The van der Waals surface area contributed by atoms with E-state index in [1.54, 1.807) is 52.0 Å². The predicted octanol–water partition coefficient (Wildman–Crippen LogP) is 3.40. The lowest BCUT2D eigenvalue weighted by atomic mass is 9.71. The first-order chi connectivity index (χ1) is 13.4. The van der Waals surface area contributed by atoms with E-state index >= 15 is 0 Å². The Bertz CT molecular complexity index is 961. The topological polar surface area (TPSA) is 57.7 Å². The third-order valence-electron chi connectivity index (χ3n) is 5.95. The molecule has 3 amide bonds. The van der Waals surface area contributed by atoms with E-state index in [0.29, 0.717) is 16.0 Å². The summed E-state index contributed by atoms with van der Waals surface area (Å²) in [6.45, 7) is 6.92. The number of hydrogen-bond donors (Lipinski definition) is 0. The van der Waals surface area contributed by atoms with Crippen molar-refractivity contribution in [2.24, 2.45) is 17.8 Å². The number of alkyl halides is 3. The van der Waals surface area contributed by atoms with E-state index in [1.807, 2.05) is 0 Å². The SMILES string of the molecule is C[C@H]1C=C2c3ccccc3N(C(=O)C(F)(F)F)C2[C@H]2C(=O)N(C(C)(C)C)C(=O)[C@H]21. The molecule has 1 aromatic carbocycles. The van der Waals surface area contributed by atoms with Crippen molar-refractivity contribution in [2.45, 2.75) is 45.5 Å². The highest BCUT2D eigenvalue weighted by Gasteiger charge is 2.62. The van der Waals surface area contributed by atoms with Crippen molar-refractivity contribution in [2.75, 3.05) is 4.90 Å². The van der Waals surface area contributed by atoms with E-state index in [-0.39, 0.29) is 11.6 Å². The second-order valence-electron chi connectivity index (χ2n) is 8.85. The fraction of sp³-hybridized carbons (Fsp3) is 0.476. The number of rotatable bonds is 0. The van der Waals surface area contributed by atoms with Crippen LogP contribution in [0.4, 0.5) is 18.9 Å². The standard InChI is InChI=1S/C21H21F3N2O3/c1-10-9-12-11-7-5-6-8-13(11)25(19(29)21(22,23)24)16(12)15-14(10)17(27)26(18(15)28)20(2,3)4/h5-10,14-16H,1-4H3/t10-,14-,15-,16?/m0/s1. The Morgan fingerprint density at radius 1 is 1.00 bits per heavy atom. The Morgan fingerprint density at radius 2 is 1.59 bits per heavy atom. The van der Waals surface area contributed by atoms with Crippen LogP contribution in [0.15, 0.2) is 30.3 Å². The second-order valence-corrected chi connectivity index (χ2v) is 8.85. The predicted molar refractivity (Wildman–Crippen MR) is 99.5 cm³/mol. The Kier molecular flexibility index (Phi) is 4.02. The minimum atomic E-state index is -5.10. The summed E-state index contributed by atoms with van der Waals surface area (Å²) in [6, 6.07) is 5.18. The maximum Gasteiger partial charge on any atom is 0.471 e. The van der Waals surface area contributed by atoms with Crippen molar-refractivity contribution < 1.29 is 27.6 Å². The Labute approximate surface area is 166 Å². The molecule has 0 radical (unpaired) electrons. The number of hydrogen-bond acceptors (Lipinski definition) is 3. The van der Waals surface area contributed by atoms with Crippen LogP contribution < -0.4 is 4.90 Å². The minimum absolute atomic E-state index is 0.119. The fourth-order valence-corrected chi connectivity index (χ4v) is 4.94. The highest BCUT2D eigenvalue weighted by Crippen LogP contribution is 2.53. The number of likely N-dealkylation sites (tertiary alicyclic amines) is 1. The van der Waals surface area contributed by atoms with E-state index in [4.69, 9.17) is 0 Å². The van der Waals surface area contributed by atoms with Gasteiger partial charge in [0.25, 0.3) is 0 Å².